The van der Waals surface area contributed by atoms with E-state index in [9.17, 15) is 19.7 Å². The Balaban J connectivity index is 1.40. The normalized spacial score (nSPS) is 12.8. The number of benzene rings is 4. The predicted molar refractivity (Wildman–Crippen MR) is 161 cm³/mol. The third-order valence-corrected chi connectivity index (χ3v) is 7.49. The van der Waals surface area contributed by atoms with Crippen molar-refractivity contribution in [1.29, 1.82) is 0 Å². The van der Waals surface area contributed by atoms with Gasteiger partial charge in [-0.05, 0) is 70.8 Å². The Kier molecular flexibility index (Phi) is 9.70. The van der Waals surface area contributed by atoms with E-state index in [1.165, 1.54) is 0 Å². The van der Waals surface area contributed by atoms with Crippen molar-refractivity contribution in [3.63, 3.8) is 0 Å². The molecule has 10 heteroatoms. The fraction of sp³-hybridized carbons (Fsp3) is 0.333. The molecule has 0 fully saturated rings. The molecule has 0 unspecified atom stereocenters. The van der Waals surface area contributed by atoms with E-state index >= 15 is 0 Å². The monoisotopic (exact) mass is 589 g/mol. The first-order chi connectivity index (χ1) is 20.5. The molecule has 0 spiro atoms. The SMILES string of the molecule is COc1ccc2cc([C@H](C)C(=O)OCC(C)(COC(=O)[C@@H](C)c3ccc4cc(OC)ccc4c3)CO[N+](=O)[O-])ccc2c1. The Labute approximate surface area is 249 Å². The molecule has 0 saturated heterocycles. The lowest BCUT2D eigenvalue weighted by Crippen LogP contribution is -2.37. The average molecular weight is 590 g/mol. The smallest absolute Gasteiger partial charge is 0.313 e. The van der Waals surface area contributed by atoms with Gasteiger partial charge in [0.05, 0.1) is 31.5 Å². The molecular weight excluding hydrogens is 554 g/mol. The van der Waals surface area contributed by atoms with Gasteiger partial charge in [-0.25, -0.2) is 0 Å². The van der Waals surface area contributed by atoms with Crippen LogP contribution in [0.1, 0.15) is 43.7 Å². The molecule has 4 aromatic carbocycles. The van der Waals surface area contributed by atoms with Crippen LogP contribution in [0, 0.1) is 15.5 Å². The molecule has 0 saturated carbocycles. The number of rotatable bonds is 13. The summed E-state index contributed by atoms with van der Waals surface area (Å²) < 4.78 is 21.7. The summed E-state index contributed by atoms with van der Waals surface area (Å²) in [4.78, 5) is 41.6. The van der Waals surface area contributed by atoms with Gasteiger partial charge < -0.3 is 23.8 Å². The van der Waals surface area contributed by atoms with E-state index in [4.69, 9.17) is 18.9 Å². The number of fused-ring (bicyclic) bond motifs is 2. The summed E-state index contributed by atoms with van der Waals surface area (Å²) in [6.07, 6.45) is 0. The minimum absolute atomic E-state index is 0.256. The molecule has 2 atom stereocenters. The third kappa shape index (κ3) is 7.71. The van der Waals surface area contributed by atoms with Gasteiger partial charge in [0.15, 0.2) is 0 Å². The lowest BCUT2D eigenvalue weighted by atomic mass is 9.93. The van der Waals surface area contributed by atoms with Crippen molar-refractivity contribution in [3.05, 3.63) is 94.0 Å². The molecule has 226 valence electrons. The molecule has 43 heavy (non-hydrogen) atoms. The van der Waals surface area contributed by atoms with Crippen LogP contribution < -0.4 is 9.47 Å². The summed E-state index contributed by atoms with van der Waals surface area (Å²) in [5.41, 5.74) is 0.331. The zero-order chi connectivity index (χ0) is 31.1. The fourth-order valence-corrected chi connectivity index (χ4v) is 4.62. The molecule has 0 amide bonds. The maximum Gasteiger partial charge on any atom is 0.313 e. The standard InChI is InChI=1S/C33H35NO9/c1-21(23-6-8-27-16-29(39-4)12-10-25(27)14-23)31(35)41-18-33(3,20-43-34(37)38)19-42-32(36)22(2)24-7-9-28-17-30(40-5)13-11-26(28)15-24/h6-17,21-22H,18-20H2,1-5H3/t21-,22-/m0/s1. The lowest BCUT2D eigenvalue weighted by Gasteiger charge is -2.28. The minimum Gasteiger partial charge on any atom is -0.497 e. The van der Waals surface area contributed by atoms with Crippen LogP contribution >= 0.6 is 0 Å². The minimum atomic E-state index is -1.17. The van der Waals surface area contributed by atoms with E-state index in [0.29, 0.717) is 0 Å². The number of hydrogen-bond acceptors (Lipinski definition) is 9. The number of esters is 2. The predicted octanol–water partition coefficient (Wildman–Crippen LogP) is 6.22. The van der Waals surface area contributed by atoms with Gasteiger partial charge in [0.2, 0.25) is 0 Å². The molecule has 0 bridgehead atoms. The number of hydrogen-bond donors (Lipinski definition) is 0. The van der Waals surface area contributed by atoms with Crippen molar-refractivity contribution >= 4 is 33.5 Å². The van der Waals surface area contributed by atoms with Gasteiger partial charge in [0, 0.05) is 0 Å². The third-order valence-electron chi connectivity index (χ3n) is 7.49. The fourth-order valence-electron chi connectivity index (χ4n) is 4.62. The number of carbonyl (C=O) groups excluding carboxylic acids is 2. The van der Waals surface area contributed by atoms with Crippen LogP contribution in [0.3, 0.4) is 0 Å². The van der Waals surface area contributed by atoms with E-state index in [1.807, 2.05) is 72.8 Å². The van der Waals surface area contributed by atoms with Gasteiger partial charge in [0.25, 0.3) is 5.09 Å². The largest absolute Gasteiger partial charge is 0.497 e. The first-order valence-electron chi connectivity index (χ1n) is 13.8. The van der Waals surface area contributed by atoms with Gasteiger partial charge in [-0.3, -0.25) is 9.59 Å². The summed E-state index contributed by atoms with van der Waals surface area (Å²) in [7, 11) is 3.20. The van der Waals surface area contributed by atoms with E-state index in [1.54, 1.807) is 35.0 Å². The number of carbonyl (C=O) groups is 2. The maximum absolute atomic E-state index is 13.0. The molecule has 0 aliphatic rings. The second kappa shape index (κ2) is 13.4. The quantitative estimate of drug-likeness (QED) is 0.102. The summed E-state index contributed by atoms with van der Waals surface area (Å²) in [6.45, 7) is 4.10. The zero-order valence-electron chi connectivity index (χ0n) is 24.8. The van der Waals surface area contributed by atoms with Gasteiger partial charge in [-0.15, -0.1) is 10.1 Å². The molecule has 0 aromatic heterocycles. The zero-order valence-corrected chi connectivity index (χ0v) is 24.8. The summed E-state index contributed by atoms with van der Waals surface area (Å²) in [6, 6.07) is 22.6. The molecule has 0 N–H and O–H groups in total. The number of ether oxygens (including phenoxy) is 4. The molecule has 0 radical (unpaired) electrons. The second-order valence-electron chi connectivity index (χ2n) is 10.9. The number of nitrogens with zero attached hydrogens (tertiary/aromatic N) is 1. The highest BCUT2D eigenvalue weighted by atomic mass is 16.9. The first kappa shape index (κ1) is 31.1. The van der Waals surface area contributed by atoms with Gasteiger partial charge in [0.1, 0.15) is 31.3 Å². The molecular formula is C33H35NO9. The van der Waals surface area contributed by atoms with Crippen molar-refractivity contribution in [1.82, 2.24) is 0 Å². The Morgan fingerprint density at radius 1 is 0.698 bits per heavy atom. The highest BCUT2D eigenvalue weighted by molar-refractivity contribution is 5.88. The maximum atomic E-state index is 13.0. The van der Waals surface area contributed by atoms with Crippen LogP contribution in [-0.2, 0) is 23.9 Å². The van der Waals surface area contributed by atoms with E-state index in [-0.39, 0.29) is 13.2 Å². The highest BCUT2D eigenvalue weighted by Gasteiger charge is 2.32. The topological polar surface area (TPSA) is 123 Å². The summed E-state index contributed by atoms with van der Waals surface area (Å²) in [5.74, 6) is -0.791. The van der Waals surface area contributed by atoms with Crippen LogP contribution in [0.2, 0.25) is 0 Å². The van der Waals surface area contributed by atoms with Crippen molar-refractivity contribution in [2.24, 2.45) is 5.41 Å². The molecule has 0 aliphatic carbocycles. The van der Waals surface area contributed by atoms with E-state index < -0.39 is 40.9 Å². The Morgan fingerprint density at radius 2 is 1.09 bits per heavy atom. The van der Waals surface area contributed by atoms with Crippen molar-refractivity contribution in [2.45, 2.75) is 32.6 Å². The molecule has 4 rings (SSSR count). The molecule has 0 heterocycles. The Hall–Kier alpha value is -4.86. The van der Waals surface area contributed by atoms with Crippen LogP contribution in [0.5, 0.6) is 11.5 Å². The molecule has 0 aliphatic heterocycles. The summed E-state index contributed by atoms with van der Waals surface area (Å²) in [5, 5.41) is 13.8. The first-order valence-corrected chi connectivity index (χ1v) is 13.8. The second-order valence-corrected chi connectivity index (χ2v) is 10.9. The highest BCUT2D eigenvalue weighted by Crippen LogP contribution is 2.29. The van der Waals surface area contributed by atoms with Crippen molar-refractivity contribution in [2.75, 3.05) is 34.0 Å². The van der Waals surface area contributed by atoms with Crippen LogP contribution in [0.25, 0.3) is 21.5 Å². The van der Waals surface area contributed by atoms with Crippen LogP contribution in [0.15, 0.2) is 72.8 Å². The van der Waals surface area contributed by atoms with Crippen molar-refractivity contribution < 1.29 is 38.5 Å². The number of methoxy groups -OCH3 is 2. The average Bonchev–Trinajstić information content (AvgIpc) is 3.03. The van der Waals surface area contributed by atoms with Gasteiger partial charge in [-0.1, -0.05) is 55.5 Å². The van der Waals surface area contributed by atoms with Gasteiger partial charge in [-0.2, -0.15) is 0 Å². The Morgan fingerprint density at radius 3 is 1.49 bits per heavy atom. The summed E-state index contributed by atoms with van der Waals surface area (Å²) >= 11 is 0. The lowest BCUT2D eigenvalue weighted by molar-refractivity contribution is -0.761. The van der Waals surface area contributed by atoms with Crippen LogP contribution in [-0.4, -0.2) is 51.1 Å². The molecule has 10 nitrogen and oxygen atoms in total. The molecule has 4 aromatic rings. The Bertz CT molecular complexity index is 1520. The van der Waals surface area contributed by atoms with E-state index in [2.05, 4.69) is 4.84 Å². The van der Waals surface area contributed by atoms with E-state index in [0.717, 1.165) is 44.2 Å². The van der Waals surface area contributed by atoms with Gasteiger partial charge >= 0.3 is 11.9 Å². The van der Waals surface area contributed by atoms with Crippen molar-refractivity contribution in [3.8, 4) is 11.5 Å². The van der Waals surface area contributed by atoms with Crippen LogP contribution in [0.4, 0.5) is 0 Å².